The third-order valence-corrected chi connectivity index (χ3v) is 3.14. The zero-order chi connectivity index (χ0) is 15.4. The lowest BCUT2D eigenvalue weighted by Crippen LogP contribution is -2.12. The molecule has 1 heterocycles. The standard InChI is InChI=1S/C14H16BrFN4O/c1-8(2)21-14-12(17)13(19-7-20-14)18-6-9-5-10(15)3-4-11(9)16/h3-5,7-8H,6,17H2,1-2H3,(H,18,19,20). The molecule has 0 atom stereocenters. The van der Waals surface area contributed by atoms with Crippen LogP contribution >= 0.6 is 15.9 Å². The van der Waals surface area contributed by atoms with Crippen LogP contribution in [0.25, 0.3) is 0 Å². The lowest BCUT2D eigenvalue weighted by molar-refractivity contribution is 0.234. The minimum Gasteiger partial charge on any atom is -0.473 e. The number of nitrogens with zero attached hydrogens (tertiary/aromatic N) is 2. The van der Waals surface area contributed by atoms with Gasteiger partial charge in [0.15, 0.2) is 5.82 Å². The molecule has 0 saturated heterocycles. The summed E-state index contributed by atoms with van der Waals surface area (Å²) in [6.07, 6.45) is 1.31. The molecule has 3 N–H and O–H groups in total. The first-order valence-electron chi connectivity index (χ1n) is 6.42. The number of rotatable bonds is 5. The van der Waals surface area contributed by atoms with Gasteiger partial charge in [-0.05, 0) is 32.0 Å². The summed E-state index contributed by atoms with van der Waals surface area (Å²) in [5.41, 5.74) is 6.76. The molecule has 0 aliphatic heterocycles. The maximum atomic E-state index is 13.7. The Bertz CT molecular complexity index is 636. The number of halogens is 2. The Morgan fingerprint density at radius 1 is 1.38 bits per heavy atom. The molecule has 2 rings (SSSR count). The van der Waals surface area contributed by atoms with Crippen molar-refractivity contribution in [3.63, 3.8) is 0 Å². The number of hydrogen-bond acceptors (Lipinski definition) is 5. The fraction of sp³-hybridized carbons (Fsp3) is 0.286. The van der Waals surface area contributed by atoms with Gasteiger partial charge in [0.05, 0.1) is 6.10 Å². The van der Waals surface area contributed by atoms with E-state index in [1.807, 2.05) is 13.8 Å². The zero-order valence-electron chi connectivity index (χ0n) is 11.7. The van der Waals surface area contributed by atoms with Gasteiger partial charge >= 0.3 is 0 Å². The monoisotopic (exact) mass is 354 g/mol. The highest BCUT2D eigenvalue weighted by molar-refractivity contribution is 9.10. The molecule has 1 aromatic heterocycles. The summed E-state index contributed by atoms with van der Waals surface area (Å²) in [7, 11) is 0. The predicted molar refractivity (Wildman–Crippen MR) is 83.6 cm³/mol. The molecule has 0 bridgehead atoms. The second-order valence-corrected chi connectivity index (χ2v) is 5.61. The Kier molecular flexibility index (Phi) is 4.95. The maximum absolute atomic E-state index is 13.7. The molecule has 21 heavy (non-hydrogen) atoms. The molecule has 0 spiro atoms. The smallest absolute Gasteiger partial charge is 0.242 e. The molecule has 1 aromatic carbocycles. The summed E-state index contributed by atoms with van der Waals surface area (Å²) < 4.78 is 20.0. The zero-order valence-corrected chi connectivity index (χ0v) is 13.3. The van der Waals surface area contributed by atoms with E-state index >= 15 is 0 Å². The van der Waals surface area contributed by atoms with Crippen molar-refractivity contribution in [3.8, 4) is 5.88 Å². The number of nitrogens with two attached hydrogens (primary N) is 1. The van der Waals surface area contributed by atoms with E-state index in [9.17, 15) is 4.39 Å². The van der Waals surface area contributed by atoms with Crippen molar-refractivity contribution in [1.82, 2.24) is 9.97 Å². The summed E-state index contributed by atoms with van der Waals surface area (Å²) in [5.74, 6) is 0.439. The van der Waals surface area contributed by atoms with Crippen molar-refractivity contribution >= 4 is 27.4 Å². The van der Waals surface area contributed by atoms with E-state index in [-0.39, 0.29) is 18.5 Å². The Balaban J connectivity index is 2.15. The van der Waals surface area contributed by atoms with Gasteiger partial charge in [0.1, 0.15) is 17.8 Å². The van der Waals surface area contributed by atoms with E-state index in [2.05, 4.69) is 31.2 Å². The van der Waals surface area contributed by atoms with Gasteiger partial charge < -0.3 is 15.8 Å². The van der Waals surface area contributed by atoms with Crippen molar-refractivity contribution < 1.29 is 9.13 Å². The van der Waals surface area contributed by atoms with Crippen molar-refractivity contribution in [2.75, 3.05) is 11.1 Å². The van der Waals surface area contributed by atoms with Gasteiger partial charge in [-0.2, -0.15) is 4.98 Å². The average molecular weight is 355 g/mol. The second-order valence-electron chi connectivity index (χ2n) is 4.70. The molecule has 0 aliphatic carbocycles. The summed E-state index contributed by atoms with van der Waals surface area (Å²) in [6.45, 7) is 4.02. The highest BCUT2D eigenvalue weighted by Gasteiger charge is 2.11. The molecule has 112 valence electrons. The fourth-order valence-electron chi connectivity index (χ4n) is 1.70. The van der Waals surface area contributed by atoms with Gasteiger partial charge in [-0.1, -0.05) is 15.9 Å². The Labute approximate surface area is 130 Å². The minimum atomic E-state index is -0.294. The molecule has 0 aliphatic rings. The Morgan fingerprint density at radius 2 is 2.14 bits per heavy atom. The summed E-state index contributed by atoms with van der Waals surface area (Å²) >= 11 is 3.31. The molecule has 0 radical (unpaired) electrons. The summed E-state index contributed by atoms with van der Waals surface area (Å²) in [5, 5.41) is 2.99. The number of ether oxygens (including phenoxy) is 1. The van der Waals surface area contributed by atoms with Crippen LogP contribution in [0.2, 0.25) is 0 Å². The van der Waals surface area contributed by atoms with E-state index in [0.717, 1.165) is 4.47 Å². The largest absolute Gasteiger partial charge is 0.473 e. The fourth-order valence-corrected chi connectivity index (χ4v) is 2.10. The first kappa shape index (κ1) is 15.5. The summed E-state index contributed by atoms with van der Waals surface area (Å²) in [6, 6.07) is 4.75. The van der Waals surface area contributed by atoms with Crippen LogP contribution < -0.4 is 15.8 Å². The first-order valence-corrected chi connectivity index (χ1v) is 7.21. The average Bonchev–Trinajstić information content (AvgIpc) is 2.43. The molecular formula is C14H16BrFN4O. The topological polar surface area (TPSA) is 73.1 Å². The van der Waals surface area contributed by atoms with Crippen LogP contribution in [0.4, 0.5) is 15.9 Å². The van der Waals surface area contributed by atoms with Crippen molar-refractivity contribution in [2.45, 2.75) is 26.5 Å². The third kappa shape index (κ3) is 4.04. The molecule has 5 nitrogen and oxygen atoms in total. The Hall–Kier alpha value is -1.89. The molecule has 0 fully saturated rings. The predicted octanol–water partition coefficient (Wildman–Crippen LogP) is 3.36. The van der Waals surface area contributed by atoms with Crippen molar-refractivity contribution in [2.24, 2.45) is 0 Å². The van der Waals surface area contributed by atoms with E-state index in [1.54, 1.807) is 12.1 Å². The molecule has 0 saturated carbocycles. The molecule has 2 aromatic rings. The van der Waals surface area contributed by atoms with Crippen LogP contribution in [-0.2, 0) is 6.54 Å². The van der Waals surface area contributed by atoms with E-state index in [1.165, 1.54) is 12.4 Å². The van der Waals surface area contributed by atoms with E-state index in [0.29, 0.717) is 22.9 Å². The molecule has 0 amide bonds. The first-order chi connectivity index (χ1) is 9.97. The number of benzene rings is 1. The normalized spacial score (nSPS) is 10.7. The van der Waals surface area contributed by atoms with E-state index < -0.39 is 0 Å². The Morgan fingerprint density at radius 3 is 2.86 bits per heavy atom. The number of hydrogen-bond donors (Lipinski definition) is 2. The molecular weight excluding hydrogens is 339 g/mol. The molecule has 0 unspecified atom stereocenters. The lowest BCUT2D eigenvalue weighted by Gasteiger charge is -2.14. The quantitative estimate of drug-likeness (QED) is 0.861. The lowest BCUT2D eigenvalue weighted by atomic mass is 10.2. The van der Waals surface area contributed by atoms with E-state index in [4.69, 9.17) is 10.5 Å². The molecule has 7 heteroatoms. The number of nitrogens with one attached hydrogen (secondary N) is 1. The highest BCUT2D eigenvalue weighted by Crippen LogP contribution is 2.26. The van der Waals surface area contributed by atoms with Gasteiger partial charge in [-0.3, -0.25) is 0 Å². The van der Waals surface area contributed by atoms with Gasteiger partial charge in [-0.25, -0.2) is 9.37 Å². The SMILES string of the molecule is CC(C)Oc1ncnc(NCc2cc(Br)ccc2F)c1N. The third-order valence-electron chi connectivity index (χ3n) is 2.65. The summed E-state index contributed by atoms with van der Waals surface area (Å²) in [4.78, 5) is 8.04. The van der Waals surface area contributed by atoms with Gasteiger partial charge in [0.2, 0.25) is 5.88 Å². The highest BCUT2D eigenvalue weighted by atomic mass is 79.9. The number of aromatic nitrogens is 2. The van der Waals surface area contributed by atoms with Crippen molar-refractivity contribution in [1.29, 1.82) is 0 Å². The van der Waals surface area contributed by atoms with Gasteiger partial charge in [0.25, 0.3) is 0 Å². The van der Waals surface area contributed by atoms with Gasteiger partial charge in [0, 0.05) is 16.6 Å². The second kappa shape index (κ2) is 6.71. The van der Waals surface area contributed by atoms with Crippen molar-refractivity contribution in [3.05, 3.63) is 40.4 Å². The number of anilines is 2. The maximum Gasteiger partial charge on any atom is 0.242 e. The van der Waals surface area contributed by atoms with Gasteiger partial charge in [-0.15, -0.1) is 0 Å². The van der Waals surface area contributed by atoms with Crippen LogP contribution in [0.5, 0.6) is 5.88 Å². The van der Waals surface area contributed by atoms with Crippen LogP contribution in [-0.4, -0.2) is 16.1 Å². The van der Waals surface area contributed by atoms with Crippen LogP contribution in [0.1, 0.15) is 19.4 Å². The van der Waals surface area contributed by atoms with Crippen LogP contribution in [0.15, 0.2) is 29.0 Å². The van der Waals surface area contributed by atoms with Crippen LogP contribution in [0, 0.1) is 5.82 Å². The van der Waals surface area contributed by atoms with Crippen LogP contribution in [0.3, 0.4) is 0 Å². The minimum absolute atomic E-state index is 0.0439. The number of nitrogen functional groups attached to an aromatic ring is 1.